The van der Waals surface area contributed by atoms with E-state index < -0.39 is 10.0 Å². The first kappa shape index (κ1) is 9.61. The first-order valence-corrected chi connectivity index (χ1v) is 6.00. The summed E-state index contributed by atoms with van der Waals surface area (Å²) in [6.45, 7) is 2.52. The highest BCUT2D eigenvalue weighted by Gasteiger charge is 2.23. The number of rotatable bonds is 0. The van der Waals surface area contributed by atoms with E-state index in [1.807, 2.05) is 6.92 Å². The molecular formula is C9H12N2O2S. The van der Waals surface area contributed by atoms with Crippen molar-refractivity contribution in [1.29, 1.82) is 0 Å². The van der Waals surface area contributed by atoms with Crippen LogP contribution in [0.2, 0.25) is 0 Å². The fourth-order valence-electron chi connectivity index (χ4n) is 1.60. The van der Waals surface area contributed by atoms with Crippen molar-refractivity contribution in [3.63, 3.8) is 0 Å². The highest BCUT2D eigenvalue weighted by atomic mass is 32.2. The molecule has 1 N–H and O–H groups in total. The lowest BCUT2D eigenvalue weighted by atomic mass is 10.0. The van der Waals surface area contributed by atoms with Crippen LogP contribution < -0.4 is 4.72 Å². The molecule has 1 atom stereocenters. The molecule has 1 unspecified atom stereocenters. The number of hydrogen-bond donors (Lipinski definition) is 1. The maximum absolute atomic E-state index is 11.7. The third-order valence-corrected chi connectivity index (χ3v) is 3.84. The molecule has 14 heavy (non-hydrogen) atoms. The molecule has 0 spiro atoms. The van der Waals surface area contributed by atoms with Gasteiger partial charge in [0.1, 0.15) is 4.90 Å². The molecule has 76 valence electrons. The highest BCUT2D eigenvalue weighted by Crippen LogP contribution is 2.20. The maximum atomic E-state index is 11.7. The van der Waals surface area contributed by atoms with Gasteiger partial charge in [-0.3, -0.25) is 4.98 Å². The predicted molar refractivity (Wildman–Crippen MR) is 52.3 cm³/mol. The van der Waals surface area contributed by atoms with Gasteiger partial charge in [-0.25, -0.2) is 13.1 Å². The van der Waals surface area contributed by atoms with E-state index in [2.05, 4.69) is 9.71 Å². The standard InChI is InChI=1S/C9H12N2O2S/c1-7-4-8-2-3-10-6-9(8)14(12,13)11-5-7/h2-3,6-7,11H,4-5H2,1H3. The van der Waals surface area contributed by atoms with E-state index in [0.717, 1.165) is 12.0 Å². The van der Waals surface area contributed by atoms with Gasteiger partial charge in [0.15, 0.2) is 0 Å². The number of pyridine rings is 1. The lowest BCUT2D eigenvalue weighted by Gasteiger charge is -2.04. The van der Waals surface area contributed by atoms with Crippen LogP contribution in [0.4, 0.5) is 0 Å². The largest absolute Gasteiger partial charge is 0.263 e. The van der Waals surface area contributed by atoms with Gasteiger partial charge in [0.25, 0.3) is 0 Å². The van der Waals surface area contributed by atoms with Crippen molar-refractivity contribution >= 4 is 10.0 Å². The minimum Gasteiger partial charge on any atom is -0.263 e. The predicted octanol–water partition coefficient (Wildman–Crippen LogP) is 0.552. The molecule has 0 bridgehead atoms. The van der Waals surface area contributed by atoms with Crippen LogP contribution in [0.15, 0.2) is 23.4 Å². The number of hydrogen-bond acceptors (Lipinski definition) is 3. The molecular weight excluding hydrogens is 200 g/mol. The fraction of sp³-hybridized carbons (Fsp3) is 0.444. The third kappa shape index (κ3) is 1.65. The van der Waals surface area contributed by atoms with Crippen LogP contribution in [0.5, 0.6) is 0 Å². The Kier molecular flexibility index (Phi) is 2.28. The topological polar surface area (TPSA) is 59.1 Å². The second-order valence-corrected chi connectivity index (χ2v) is 5.38. The van der Waals surface area contributed by atoms with Crippen LogP contribution in [0.25, 0.3) is 0 Å². The summed E-state index contributed by atoms with van der Waals surface area (Å²) in [6.07, 6.45) is 3.83. The van der Waals surface area contributed by atoms with Crippen molar-refractivity contribution in [2.75, 3.05) is 6.54 Å². The monoisotopic (exact) mass is 212 g/mol. The fourth-order valence-corrected chi connectivity index (χ4v) is 2.95. The summed E-state index contributed by atoms with van der Waals surface area (Å²) < 4.78 is 25.9. The van der Waals surface area contributed by atoms with Gasteiger partial charge in [0, 0.05) is 18.9 Å². The second-order valence-electron chi connectivity index (χ2n) is 3.64. The van der Waals surface area contributed by atoms with Crippen molar-refractivity contribution in [1.82, 2.24) is 9.71 Å². The summed E-state index contributed by atoms with van der Waals surface area (Å²) in [6, 6.07) is 1.77. The van der Waals surface area contributed by atoms with Crippen LogP contribution in [0, 0.1) is 5.92 Å². The number of nitrogens with zero attached hydrogens (tertiary/aromatic N) is 1. The van der Waals surface area contributed by atoms with Crippen molar-refractivity contribution < 1.29 is 8.42 Å². The molecule has 2 rings (SSSR count). The van der Waals surface area contributed by atoms with Gasteiger partial charge in [-0.15, -0.1) is 0 Å². The Hall–Kier alpha value is -0.940. The molecule has 1 aromatic rings. The van der Waals surface area contributed by atoms with Gasteiger partial charge in [-0.1, -0.05) is 6.92 Å². The molecule has 2 heterocycles. The maximum Gasteiger partial charge on any atom is 0.242 e. The first-order chi connectivity index (χ1) is 6.59. The Balaban J connectivity index is 2.58. The van der Waals surface area contributed by atoms with E-state index in [4.69, 9.17) is 0 Å². The average Bonchev–Trinajstić information content (AvgIpc) is 2.25. The van der Waals surface area contributed by atoms with E-state index in [0.29, 0.717) is 17.4 Å². The van der Waals surface area contributed by atoms with Gasteiger partial charge in [-0.05, 0) is 24.0 Å². The minimum absolute atomic E-state index is 0.323. The molecule has 0 amide bonds. The van der Waals surface area contributed by atoms with E-state index >= 15 is 0 Å². The Bertz CT molecular complexity index is 442. The summed E-state index contributed by atoms with van der Waals surface area (Å²) in [7, 11) is -3.32. The minimum atomic E-state index is -3.32. The molecule has 1 aromatic heterocycles. The van der Waals surface area contributed by atoms with Crippen molar-refractivity contribution in [3.05, 3.63) is 24.0 Å². The Morgan fingerprint density at radius 3 is 3.14 bits per heavy atom. The second kappa shape index (κ2) is 3.33. The third-order valence-electron chi connectivity index (χ3n) is 2.35. The molecule has 1 aliphatic rings. The van der Waals surface area contributed by atoms with Gasteiger partial charge >= 0.3 is 0 Å². The molecule has 0 saturated heterocycles. The summed E-state index contributed by atoms with van der Waals surface area (Å²) in [5.74, 6) is 0.327. The number of fused-ring (bicyclic) bond motifs is 1. The van der Waals surface area contributed by atoms with Gasteiger partial charge in [0.05, 0.1) is 0 Å². The molecule has 0 aromatic carbocycles. The van der Waals surface area contributed by atoms with Gasteiger partial charge in [-0.2, -0.15) is 0 Å². The zero-order valence-corrected chi connectivity index (χ0v) is 8.71. The van der Waals surface area contributed by atoms with E-state index in [1.165, 1.54) is 6.20 Å². The normalized spacial score (nSPS) is 25.1. The number of sulfonamides is 1. The van der Waals surface area contributed by atoms with Crippen LogP contribution in [-0.4, -0.2) is 19.9 Å². The summed E-state index contributed by atoms with van der Waals surface area (Å²) in [5.41, 5.74) is 0.859. The molecule has 0 aliphatic carbocycles. The van der Waals surface area contributed by atoms with E-state index in [9.17, 15) is 8.42 Å². The van der Waals surface area contributed by atoms with Crippen molar-refractivity contribution in [2.24, 2.45) is 5.92 Å². The van der Waals surface area contributed by atoms with Crippen molar-refractivity contribution in [3.8, 4) is 0 Å². The van der Waals surface area contributed by atoms with E-state index in [-0.39, 0.29) is 0 Å². The molecule has 1 aliphatic heterocycles. The molecule has 4 nitrogen and oxygen atoms in total. The van der Waals surface area contributed by atoms with Crippen LogP contribution in [0.1, 0.15) is 12.5 Å². The number of nitrogens with one attached hydrogen (secondary N) is 1. The number of aromatic nitrogens is 1. The Labute approximate surface area is 83.4 Å². The van der Waals surface area contributed by atoms with Crippen molar-refractivity contribution in [2.45, 2.75) is 18.2 Å². The van der Waals surface area contributed by atoms with Crippen LogP contribution in [0.3, 0.4) is 0 Å². The summed E-state index contributed by atoms with van der Waals surface area (Å²) in [5, 5.41) is 0. The lowest BCUT2D eigenvalue weighted by molar-refractivity contribution is 0.552. The van der Waals surface area contributed by atoms with Crippen LogP contribution in [-0.2, 0) is 16.4 Å². The zero-order valence-electron chi connectivity index (χ0n) is 7.90. The first-order valence-electron chi connectivity index (χ1n) is 4.52. The Morgan fingerprint density at radius 1 is 1.57 bits per heavy atom. The summed E-state index contributed by atoms with van der Waals surface area (Å²) in [4.78, 5) is 4.16. The van der Waals surface area contributed by atoms with Gasteiger partial charge < -0.3 is 0 Å². The van der Waals surface area contributed by atoms with Crippen LogP contribution >= 0.6 is 0 Å². The smallest absolute Gasteiger partial charge is 0.242 e. The zero-order chi connectivity index (χ0) is 10.2. The lowest BCUT2D eigenvalue weighted by Crippen LogP contribution is -2.26. The molecule has 0 radical (unpaired) electrons. The summed E-state index contributed by atoms with van der Waals surface area (Å²) >= 11 is 0. The highest BCUT2D eigenvalue weighted by molar-refractivity contribution is 7.89. The quantitative estimate of drug-likeness (QED) is 0.683. The Morgan fingerprint density at radius 2 is 2.36 bits per heavy atom. The van der Waals surface area contributed by atoms with E-state index in [1.54, 1.807) is 12.3 Å². The molecule has 0 fully saturated rings. The van der Waals surface area contributed by atoms with Gasteiger partial charge in [0.2, 0.25) is 10.0 Å². The SMILES string of the molecule is CC1CNS(=O)(=O)c2cnccc2C1. The average molecular weight is 212 g/mol. The molecule has 5 heteroatoms. The molecule has 0 saturated carbocycles.